The van der Waals surface area contributed by atoms with Crippen molar-refractivity contribution >= 4 is 12.0 Å². The van der Waals surface area contributed by atoms with Gasteiger partial charge in [0, 0.05) is 12.6 Å². The maximum absolute atomic E-state index is 12.3. The van der Waals surface area contributed by atoms with E-state index in [2.05, 4.69) is 33.0 Å². The van der Waals surface area contributed by atoms with Gasteiger partial charge in [-0.3, -0.25) is 0 Å². The molecule has 2 rings (SSSR count). The van der Waals surface area contributed by atoms with Crippen molar-refractivity contribution < 1.29 is 14.7 Å². The maximum Gasteiger partial charge on any atom is 0.326 e. The van der Waals surface area contributed by atoms with E-state index in [0.29, 0.717) is 6.54 Å². The molecule has 1 saturated heterocycles. The molecule has 0 aromatic carbocycles. The molecule has 2 unspecified atom stereocenters. The van der Waals surface area contributed by atoms with E-state index in [1.807, 2.05) is 6.92 Å². The number of aliphatic carboxylic acids is 1. The van der Waals surface area contributed by atoms with Crippen LogP contribution in [0.4, 0.5) is 4.79 Å². The van der Waals surface area contributed by atoms with E-state index >= 15 is 0 Å². The Morgan fingerprint density at radius 2 is 1.74 bits per heavy atom. The highest BCUT2D eigenvalue weighted by molar-refractivity contribution is 5.84. The fraction of sp³-hybridized carbons (Fsp3) is 0.857. The average Bonchev–Trinajstić information content (AvgIpc) is 2.64. The number of hydrogen-bond acceptors (Lipinski definition) is 2. The van der Waals surface area contributed by atoms with Gasteiger partial charge in [-0.05, 0) is 23.2 Å². The van der Waals surface area contributed by atoms with Crippen molar-refractivity contribution in [3.8, 4) is 0 Å². The van der Waals surface area contributed by atoms with E-state index in [0.717, 1.165) is 6.42 Å². The Balaban J connectivity index is 2.04. The number of carbonyl (C=O) groups excluding carboxylic acids is 1. The molecule has 1 heterocycles. The van der Waals surface area contributed by atoms with Crippen LogP contribution < -0.4 is 5.32 Å². The van der Waals surface area contributed by atoms with Gasteiger partial charge in [0.1, 0.15) is 6.04 Å². The van der Waals surface area contributed by atoms with Gasteiger partial charge < -0.3 is 15.3 Å². The number of carboxylic acids is 1. The molecular weight excluding hydrogens is 244 g/mol. The van der Waals surface area contributed by atoms with Crippen molar-refractivity contribution in [3.05, 3.63) is 0 Å². The van der Waals surface area contributed by atoms with E-state index < -0.39 is 12.0 Å². The van der Waals surface area contributed by atoms with Crippen LogP contribution in [-0.2, 0) is 4.79 Å². The molecule has 2 atom stereocenters. The Morgan fingerprint density at radius 3 is 2.16 bits per heavy atom. The zero-order chi connectivity index (χ0) is 14.6. The van der Waals surface area contributed by atoms with Gasteiger partial charge >= 0.3 is 12.0 Å². The molecule has 19 heavy (non-hydrogen) atoms. The van der Waals surface area contributed by atoms with E-state index in [1.165, 1.54) is 4.90 Å². The van der Waals surface area contributed by atoms with Crippen LogP contribution in [0.1, 0.15) is 41.0 Å². The fourth-order valence-electron chi connectivity index (χ4n) is 3.32. The first-order valence-corrected chi connectivity index (χ1v) is 6.90. The fourth-order valence-corrected chi connectivity index (χ4v) is 3.32. The second-order valence-corrected chi connectivity index (χ2v) is 7.07. The van der Waals surface area contributed by atoms with E-state index in [4.69, 9.17) is 0 Å². The van der Waals surface area contributed by atoms with Crippen molar-refractivity contribution in [2.24, 2.45) is 16.7 Å². The van der Waals surface area contributed by atoms with Crippen LogP contribution >= 0.6 is 0 Å². The normalized spacial score (nSPS) is 32.2. The van der Waals surface area contributed by atoms with Crippen molar-refractivity contribution in [2.45, 2.75) is 53.1 Å². The molecule has 0 aromatic heterocycles. The number of carboxylic acid groups (broad SMARTS) is 1. The molecule has 108 valence electrons. The van der Waals surface area contributed by atoms with E-state index in [-0.39, 0.29) is 28.8 Å². The summed E-state index contributed by atoms with van der Waals surface area (Å²) in [5.41, 5.74) is 0.124. The zero-order valence-electron chi connectivity index (χ0n) is 12.4. The lowest BCUT2D eigenvalue weighted by Gasteiger charge is -2.24. The third-order valence-electron chi connectivity index (χ3n) is 5.50. The summed E-state index contributed by atoms with van der Waals surface area (Å²) >= 11 is 0. The molecule has 2 aliphatic rings. The first-order valence-electron chi connectivity index (χ1n) is 6.90. The third kappa shape index (κ3) is 1.99. The number of rotatable bonds is 2. The highest BCUT2D eigenvalue weighted by atomic mass is 16.4. The van der Waals surface area contributed by atoms with E-state index in [9.17, 15) is 14.7 Å². The summed E-state index contributed by atoms with van der Waals surface area (Å²) in [6, 6.07) is -0.816. The van der Waals surface area contributed by atoms with Gasteiger partial charge in [0.25, 0.3) is 0 Å². The maximum atomic E-state index is 12.3. The molecule has 1 aliphatic carbocycles. The number of hydrogen-bond donors (Lipinski definition) is 2. The van der Waals surface area contributed by atoms with Crippen molar-refractivity contribution in [2.75, 3.05) is 6.54 Å². The first kappa shape index (κ1) is 14.2. The Kier molecular flexibility index (Phi) is 3.07. The van der Waals surface area contributed by atoms with Gasteiger partial charge in [-0.15, -0.1) is 0 Å². The predicted octanol–water partition coefficient (Wildman–Crippen LogP) is 1.93. The van der Waals surface area contributed by atoms with Crippen LogP contribution in [0, 0.1) is 16.7 Å². The highest BCUT2D eigenvalue weighted by Gasteiger charge is 2.65. The summed E-state index contributed by atoms with van der Waals surface area (Å²) in [4.78, 5) is 25.0. The highest BCUT2D eigenvalue weighted by Crippen LogP contribution is 2.62. The Bertz CT molecular complexity index is 403. The van der Waals surface area contributed by atoms with Gasteiger partial charge in [0.05, 0.1) is 0 Å². The minimum Gasteiger partial charge on any atom is -0.480 e. The molecule has 5 heteroatoms. The molecular formula is C14H24N2O3. The summed E-state index contributed by atoms with van der Waals surface area (Å²) in [5.74, 6) is -0.891. The Hall–Kier alpha value is -1.26. The SMILES string of the molecule is CC1CCN(C(=O)NC2C(C)(C)C2(C)C)C1C(=O)O. The summed E-state index contributed by atoms with van der Waals surface area (Å²) in [6.07, 6.45) is 0.752. The molecule has 1 aliphatic heterocycles. The number of likely N-dealkylation sites (tertiary alicyclic amines) is 1. The largest absolute Gasteiger partial charge is 0.480 e. The second-order valence-electron chi connectivity index (χ2n) is 7.07. The van der Waals surface area contributed by atoms with Gasteiger partial charge in [-0.2, -0.15) is 0 Å². The number of nitrogens with zero attached hydrogens (tertiary/aromatic N) is 1. The minimum absolute atomic E-state index is 0.0171. The third-order valence-corrected chi connectivity index (χ3v) is 5.50. The predicted molar refractivity (Wildman–Crippen MR) is 71.8 cm³/mol. The van der Waals surface area contributed by atoms with Crippen LogP contribution in [0.15, 0.2) is 0 Å². The molecule has 5 nitrogen and oxygen atoms in total. The molecule has 1 saturated carbocycles. The average molecular weight is 268 g/mol. The number of nitrogens with one attached hydrogen (secondary N) is 1. The van der Waals surface area contributed by atoms with Crippen LogP contribution in [0.25, 0.3) is 0 Å². The summed E-state index contributed by atoms with van der Waals surface area (Å²) in [7, 11) is 0. The standard InChI is InChI=1S/C14H24N2O3/c1-8-6-7-16(9(8)10(17)18)12(19)15-11-13(2,3)14(11,4)5/h8-9,11H,6-7H2,1-5H3,(H,15,19)(H,17,18). The topological polar surface area (TPSA) is 69.6 Å². The lowest BCUT2D eigenvalue weighted by atomic mass is 10.0. The smallest absolute Gasteiger partial charge is 0.326 e. The van der Waals surface area contributed by atoms with Gasteiger partial charge in [0.2, 0.25) is 0 Å². The molecule has 0 bridgehead atoms. The van der Waals surface area contributed by atoms with Gasteiger partial charge in [0.15, 0.2) is 0 Å². The van der Waals surface area contributed by atoms with Crippen LogP contribution in [0.3, 0.4) is 0 Å². The monoisotopic (exact) mass is 268 g/mol. The van der Waals surface area contributed by atoms with Gasteiger partial charge in [-0.1, -0.05) is 34.6 Å². The van der Waals surface area contributed by atoms with Crippen LogP contribution in [0.5, 0.6) is 0 Å². The van der Waals surface area contributed by atoms with Crippen molar-refractivity contribution in [3.63, 3.8) is 0 Å². The Morgan fingerprint density at radius 1 is 1.21 bits per heavy atom. The van der Waals surface area contributed by atoms with Crippen molar-refractivity contribution in [1.29, 1.82) is 0 Å². The van der Waals surface area contributed by atoms with E-state index in [1.54, 1.807) is 0 Å². The van der Waals surface area contributed by atoms with Crippen LogP contribution in [0.2, 0.25) is 0 Å². The number of urea groups is 1. The molecule has 2 amide bonds. The molecule has 0 radical (unpaired) electrons. The summed E-state index contributed by atoms with van der Waals surface area (Å²) < 4.78 is 0. The molecule has 0 spiro atoms. The first-order chi connectivity index (χ1) is 8.60. The molecule has 2 N–H and O–H groups in total. The summed E-state index contributed by atoms with van der Waals surface area (Å²) in [5, 5.41) is 12.2. The molecule has 2 fully saturated rings. The Labute approximate surface area is 114 Å². The second kappa shape index (κ2) is 4.12. The quantitative estimate of drug-likeness (QED) is 0.804. The molecule has 0 aromatic rings. The minimum atomic E-state index is -0.908. The number of carbonyl (C=O) groups is 2. The van der Waals surface area contributed by atoms with Crippen molar-refractivity contribution in [1.82, 2.24) is 10.2 Å². The lowest BCUT2D eigenvalue weighted by molar-refractivity contribution is -0.142. The summed E-state index contributed by atoms with van der Waals surface area (Å²) in [6.45, 7) is 10.9. The lowest BCUT2D eigenvalue weighted by Crippen LogP contribution is -2.49. The number of amides is 2. The zero-order valence-corrected chi connectivity index (χ0v) is 12.4. The van der Waals surface area contributed by atoms with Crippen LogP contribution in [-0.4, -0.2) is 40.6 Å². The van der Waals surface area contributed by atoms with Gasteiger partial charge in [-0.25, -0.2) is 9.59 Å².